The van der Waals surface area contributed by atoms with Crippen molar-refractivity contribution in [3.63, 3.8) is 0 Å². The minimum Gasteiger partial charge on any atom is -0.443 e. The number of hydrogen-bond acceptors (Lipinski definition) is 4. The molecule has 6 nitrogen and oxygen atoms in total. The second kappa shape index (κ2) is 9.86. The molecule has 0 atom stereocenters. The molecule has 0 heterocycles. The van der Waals surface area contributed by atoms with E-state index < -0.39 is 17.8 Å². The number of primary amides is 1. The van der Waals surface area contributed by atoms with Crippen LogP contribution in [0.25, 0.3) is 0 Å². The van der Waals surface area contributed by atoms with Gasteiger partial charge in [0.15, 0.2) is 0 Å². The second-order valence-electron chi connectivity index (χ2n) is 8.99. The van der Waals surface area contributed by atoms with E-state index in [0.717, 1.165) is 29.5 Å². The predicted molar refractivity (Wildman–Crippen MR) is 124 cm³/mol. The van der Waals surface area contributed by atoms with E-state index in [-0.39, 0.29) is 5.41 Å². The highest BCUT2D eigenvalue weighted by Crippen LogP contribution is 2.35. The van der Waals surface area contributed by atoms with Crippen molar-refractivity contribution in [1.82, 2.24) is 0 Å². The lowest BCUT2D eigenvalue weighted by Gasteiger charge is -2.26. The van der Waals surface area contributed by atoms with E-state index in [1.54, 1.807) is 6.07 Å². The summed E-state index contributed by atoms with van der Waals surface area (Å²) in [6.07, 6.45) is 1.05. The van der Waals surface area contributed by atoms with Gasteiger partial charge in [0.25, 0.3) is 0 Å². The van der Waals surface area contributed by atoms with Gasteiger partial charge in [0, 0.05) is 11.3 Å². The molecule has 168 valence electrons. The van der Waals surface area contributed by atoms with Gasteiger partial charge in [-0.05, 0) is 67.9 Å². The fraction of sp³-hybridized carbons (Fsp3) is 0.440. The first-order valence-corrected chi connectivity index (χ1v) is 10.7. The minimum atomic E-state index is -0.815. The van der Waals surface area contributed by atoms with Crippen molar-refractivity contribution in [2.45, 2.75) is 71.8 Å². The van der Waals surface area contributed by atoms with Gasteiger partial charge in [-0.3, -0.25) is 5.32 Å². The van der Waals surface area contributed by atoms with E-state index in [0.29, 0.717) is 17.9 Å². The molecule has 2 rings (SSSR count). The van der Waals surface area contributed by atoms with Gasteiger partial charge in [0.05, 0.1) is 0 Å². The number of rotatable bonds is 8. The Balaban J connectivity index is 2.15. The van der Waals surface area contributed by atoms with Crippen LogP contribution in [0.3, 0.4) is 0 Å². The number of benzene rings is 2. The van der Waals surface area contributed by atoms with Gasteiger partial charge in [-0.2, -0.15) is 0 Å². The zero-order valence-corrected chi connectivity index (χ0v) is 19.4. The molecule has 3 N–H and O–H groups in total. The van der Waals surface area contributed by atoms with Crippen LogP contribution in [0.4, 0.5) is 15.3 Å². The fourth-order valence-corrected chi connectivity index (χ4v) is 3.01. The highest BCUT2D eigenvalue weighted by atomic mass is 16.6. The molecule has 0 aromatic heterocycles. The maximum absolute atomic E-state index is 12.1. The molecule has 2 aromatic carbocycles. The van der Waals surface area contributed by atoms with Crippen molar-refractivity contribution < 1.29 is 19.1 Å². The maximum Gasteiger partial charge on any atom is 0.412 e. The molecule has 0 spiro atoms. The molecule has 0 fully saturated rings. The van der Waals surface area contributed by atoms with Crippen molar-refractivity contribution in [2.24, 2.45) is 5.73 Å². The maximum atomic E-state index is 12.1. The SMILES string of the molecule is CCC(C)(C)OC(=O)Nc1ccc(Cc2ccc(OC(N)=O)c(C(C)(C)CC)c2)cc1. The van der Waals surface area contributed by atoms with Crippen molar-refractivity contribution in [2.75, 3.05) is 5.32 Å². The van der Waals surface area contributed by atoms with Crippen molar-refractivity contribution in [1.29, 1.82) is 0 Å². The summed E-state index contributed by atoms with van der Waals surface area (Å²) in [4.78, 5) is 23.3. The Hall–Kier alpha value is -3.02. The molecule has 0 unspecified atom stereocenters. The number of amides is 2. The third kappa shape index (κ3) is 7.02. The molecule has 0 radical (unpaired) electrons. The van der Waals surface area contributed by atoms with Gasteiger partial charge in [0.2, 0.25) is 0 Å². The lowest BCUT2D eigenvalue weighted by atomic mass is 9.80. The summed E-state index contributed by atoms with van der Waals surface area (Å²) in [5, 5.41) is 2.76. The Kier molecular flexibility index (Phi) is 7.71. The van der Waals surface area contributed by atoms with Crippen molar-refractivity contribution in [3.05, 3.63) is 59.2 Å². The molecule has 2 aromatic rings. The number of nitrogens with two attached hydrogens (primary N) is 1. The number of ether oxygens (including phenoxy) is 2. The lowest BCUT2D eigenvalue weighted by Crippen LogP contribution is -2.29. The minimum absolute atomic E-state index is 0.165. The summed E-state index contributed by atoms with van der Waals surface area (Å²) in [5.74, 6) is 0.496. The monoisotopic (exact) mass is 426 g/mol. The summed E-state index contributed by atoms with van der Waals surface area (Å²) in [6.45, 7) is 12.0. The summed E-state index contributed by atoms with van der Waals surface area (Å²) in [7, 11) is 0. The average Bonchev–Trinajstić information content (AvgIpc) is 2.69. The largest absolute Gasteiger partial charge is 0.443 e. The third-order valence-corrected chi connectivity index (χ3v) is 5.70. The van der Waals surface area contributed by atoms with Crippen LogP contribution in [0.15, 0.2) is 42.5 Å². The second-order valence-corrected chi connectivity index (χ2v) is 8.99. The van der Waals surface area contributed by atoms with Gasteiger partial charge < -0.3 is 15.2 Å². The van der Waals surface area contributed by atoms with E-state index in [1.807, 2.05) is 51.1 Å². The Bertz CT molecular complexity index is 918. The van der Waals surface area contributed by atoms with E-state index in [1.165, 1.54) is 0 Å². The van der Waals surface area contributed by atoms with Crippen LogP contribution in [0.1, 0.15) is 71.1 Å². The molecule has 6 heteroatoms. The Morgan fingerprint density at radius 3 is 2.10 bits per heavy atom. The van der Waals surface area contributed by atoms with Crippen molar-refractivity contribution in [3.8, 4) is 5.75 Å². The van der Waals surface area contributed by atoms with Gasteiger partial charge >= 0.3 is 12.2 Å². The van der Waals surface area contributed by atoms with E-state index in [4.69, 9.17) is 15.2 Å². The van der Waals surface area contributed by atoms with Crippen LogP contribution in [0.5, 0.6) is 5.75 Å². The topological polar surface area (TPSA) is 90.7 Å². The van der Waals surface area contributed by atoms with Crippen molar-refractivity contribution >= 4 is 17.9 Å². The molecular formula is C25H34N2O4. The third-order valence-electron chi connectivity index (χ3n) is 5.70. The molecule has 0 saturated heterocycles. The van der Waals surface area contributed by atoms with Crippen LogP contribution in [-0.2, 0) is 16.6 Å². The summed E-state index contributed by atoms with van der Waals surface area (Å²) < 4.78 is 10.6. The number of carbonyl (C=O) groups excluding carboxylic acids is 2. The highest BCUT2D eigenvalue weighted by Gasteiger charge is 2.24. The molecule has 0 bridgehead atoms. The average molecular weight is 427 g/mol. The zero-order chi connectivity index (χ0) is 23.2. The standard InChI is InChI=1S/C25H34N2O4/c1-7-24(3,4)20-16-18(11-14-21(20)30-22(26)28)15-17-9-12-19(13-10-17)27-23(29)31-25(5,6)8-2/h9-14,16H,7-8,15H2,1-6H3,(H2,26,28)(H,27,29). The Labute approximate surface area is 185 Å². The summed E-state index contributed by atoms with van der Waals surface area (Å²) >= 11 is 0. The highest BCUT2D eigenvalue weighted by molar-refractivity contribution is 5.84. The fourth-order valence-electron chi connectivity index (χ4n) is 3.01. The predicted octanol–water partition coefficient (Wildman–Crippen LogP) is 6.16. The van der Waals surface area contributed by atoms with E-state index in [9.17, 15) is 9.59 Å². The smallest absolute Gasteiger partial charge is 0.412 e. The number of nitrogens with one attached hydrogen (secondary N) is 1. The summed E-state index contributed by atoms with van der Waals surface area (Å²) in [6, 6.07) is 13.5. The first-order valence-electron chi connectivity index (χ1n) is 10.7. The normalized spacial score (nSPS) is 11.7. The first kappa shape index (κ1) is 24.3. The number of anilines is 1. The van der Waals surface area contributed by atoms with Crippen LogP contribution >= 0.6 is 0 Å². The quantitative estimate of drug-likeness (QED) is 0.529. The molecular weight excluding hydrogens is 392 g/mol. The van der Waals surface area contributed by atoms with Gasteiger partial charge in [-0.15, -0.1) is 0 Å². The molecule has 2 amide bonds. The Morgan fingerprint density at radius 2 is 1.55 bits per heavy atom. The van der Waals surface area contributed by atoms with Crippen LogP contribution in [0, 0.1) is 0 Å². The Morgan fingerprint density at radius 1 is 0.935 bits per heavy atom. The van der Waals surface area contributed by atoms with E-state index in [2.05, 4.69) is 32.2 Å². The molecule has 0 aliphatic carbocycles. The zero-order valence-electron chi connectivity index (χ0n) is 19.4. The first-order chi connectivity index (χ1) is 14.5. The van der Waals surface area contributed by atoms with Gasteiger partial charge in [-0.1, -0.05) is 52.0 Å². The number of carbonyl (C=O) groups is 2. The molecule has 0 aliphatic rings. The molecule has 0 saturated carbocycles. The van der Waals surface area contributed by atoms with Crippen LogP contribution in [0.2, 0.25) is 0 Å². The lowest BCUT2D eigenvalue weighted by molar-refractivity contribution is 0.0462. The van der Waals surface area contributed by atoms with E-state index >= 15 is 0 Å². The van der Waals surface area contributed by atoms with Gasteiger partial charge in [0.1, 0.15) is 11.4 Å². The molecule has 31 heavy (non-hydrogen) atoms. The van der Waals surface area contributed by atoms with Gasteiger partial charge in [-0.25, -0.2) is 9.59 Å². The van der Waals surface area contributed by atoms with Crippen LogP contribution < -0.4 is 15.8 Å². The molecule has 0 aliphatic heterocycles. The van der Waals surface area contributed by atoms with Crippen LogP contribution in [-0.4, -0.2) is 17.8 Å². The number of hydrogen-bond donors (Lipinski definition) is 2. The summed E-state index contributed by atoms with van der Waals surface area (Å²) in [5.41, 5.74) is 8.38.